The first kappa shape index (κ1) is 25.1. The van der Waals surface area contributed by atoms with Gasteiger partial charge in [0.05, 0.1) is 17.1 Å². The lowest BCUT2D eigenvalue weighted by Gasteiger charge is -2.39. The number of amides is 3. The molecular formula is C30H35FN4O2. The molecule has 2 heterocycles. The second-order valence-corrected chi connectivity index (χ2v) is 10.1. The summed E-state index contributed by atoms with van der Waals surface area (Å²) >= 11 is 0. The molecule has 6 nitrogen and oxygen atoms in total. The van der Waals surface area contributed by atoms with Crippen molar-refractivity contribution in [3.63, 3.8) is 0 Å². The first-order valence-corrected chi connectivity index (χ1v) is 13.5. The Hall–Kier alpha value is -3.61. The fourth-order valence-electron chi connectivity index (χ4n) is 5.58. The lowest BCUT2D eigenvalue weighted by atomic mass is 9.96. The number of hydrogen-bond donors (Lipinski definition) is 1. The molecule has 3 aromatic rings. The summed E-state index contributed by atoms with van der Waals surface area (Å²) in [6.07, 6.45) is 9.19. The van der Waals surface area contributed by atoms with Gasteiger partial charge in [-0.1, -0.05) is 56.9 Å². The lowest BCUT2D eigenvalue weighted by molar-refractivity contribution is -0.119. The number of para-hydroxylation sites is 2. The van der Waals surface area contributed by atoms with Gasteiger partial charge in [0.1, 0.15) is 18.4 Å². The Balaban J connectivity index is 1.47. The number of carbonyl (C=O) groups is 2. The second kappa shape index (κ2) is 11.2. The molecule has 1 aromatic heterocycles. The van der Waals surface area contributed by atoms with E-state index in [1.54, 1.807) is 21.9 Å². The topological polar surface area (TPSA) is 57.6 Å². The third-order valence-corrected chi connectivity index (χ3v) is 7.50. The molecule has 1 unspecified atom stereocenters. The van der Waals surface area contributed by atoms with Crippen molar-refractivity contribution >= 4 is 17.6 Å². The van der Waals surface area contributed by atoms with Gasteiger partial charge in [-0.2, -0.15) is 0 Å². The SMILES string of the molecule is CCCCN(CC(=O)N1c2ccccc2-n2cccc2C1c1ccc(F)cc1)C(=O)NC1CCCCC1. The molecular weight excluding hydrogens is 467 g/mol. The van der Waals surface area contributed by atoms with Crippen molar-refractivity contribution in [3.05, 3.63) is 83.9 Å². The van der Waals surface area contributed by atoms with E-state index in [1.165, 1.54) is 18.6 Å². The Morgan fingerprint density at radius 1 is 0.973 bits per heavy atom. The molecule has 1 fully saturated rings. The molecule has 7 heteroatoms. The van der Waals surface area contributed by atoms with Gasteiger partial charge in [0.25, 0.3) is 0 Å². The number of carbonyl (C=O) groups excluding carboxylic acids is 2. The average Bonchev–Trinajstić information content (AvgIpc) is 3.41. The lowest BCUT2D eigenvalue weighted by Crippen LogP contribution is -2.51. The molecule has 1 aliphatic carbocycles. The predicted molar refractivity (Wildman–Crippen MR) is 143 cm³/mol. The van der Waals surface area contributed by atoms with Crippen molar-refractivity contribution < 1.29 is 14.0 Å². The first-order valence-electron chi connectivity index (χ1n) is 13.5. The summed E-state index contributed by atoms with van der Waals surface area (Å²) in [7, 11) is 0. The summed E-state index contributed by atoms with van der Waals surface area (Å²) in [6.45, 7) is 2.58. The van der Waals surface area contributed by atoms with E-state index < -0.39 is 6.04 Å². The number of halogens is 1. The molecule has 194 valence electrons. The van der Waals surface area contributed by atoms with Crippen LogP contribution in [-0.4, -0.2) is 40.5 Å². The third-order valence-electron chi connectivity index (χ3n) is 7.50. The summed E-state index contributed by atoms with van der Waals surface area (Å²) in [4.78, 5) is 30.9. The summed E-state index contributed by atoms with van der Waals surface area (Å²) in [5.41, 5.74) is 3.41. The molecule has 1 saturated carbocycles. The zero-order chi connectivity index (χ0) is 25.8. The number of unbranched alkanes of at least 4 members (excludes halogenated alkanes) is 1. The van der Waals surface area contributed by atoms with Crippen LogP contribution in [0, 0.1) is 5.82 Å². The van der Waals surface area contributed by atoms with Crippen LogP contribution in [0.25, 0.3) is 5.69 Å². The van der Waals surface area contributed by atoms with Crippen molar-refractivity contribution in [1.29, 1.82) is 0 Å². The van der Waals surface area contributed by atoms with E-state index in [-0.39, 0.29) is 30.3 Å². The number of benzene rings is 2. The maximum absolute atomic E-state index is 14.1. The largest absolute Gasteiger partial charge is 0.335 e. The molecule has 2 aliphatic rings. The molecule has 2 aromatic carbocycles. The van der Waals surface area contributed by atoms with Gasteiger partial charge in [-0.3, -0.25) is 9.69 Å². The highest BCUT2D eigenvalue weighted by Crippen LogP contribution is 2.42. The minimum Gasteiger partial charge on any atom is -0.335 e. The van der Waals surface area contributed by atoms with Crippen LogP contribution in [0.5, 0.6) is 0 Å². The molecule has 1 aliphatic heterocycles. The normalized spacial score (nSPS) is 17.1. The fourth-order valence-corrected chi connectivity index (χ4v) is 5.58. The average molecular weight is 503 g/mol. The molecule has 5 rings (SSSR count). The Morgan fingerprint density at radius 2 is 1.70 bits per heavy atom. The maximum atomic E-state index is 14.1. The molecule has 1 atom stereocenters. The highest BCUT2D eigenvalue weighted by molar-refractivity contribution is 6.00. The van der Waals surface area contributed by atoms with Crippen LogP contribution in [0.3, 0.4) is 0 Å². The van der Waals surface area contributed by atoms with Crippen LogP contribution in [0.2, 0.25) is 0 Å². The third kappa shape index (κ3) is 5.26. The van der Waals surface area contributed by atoms with Gasteiger partial charge in [0.2, 0.25) is 5.91 Å². The van der Waals surface area contributed by atoms with Crippen LogP contribution < -0.4 is 10.2 Å². The first-order chi connectivity index (χ1) is 18.1. The smallest absolute Gasteiger partial charge is 0.318 e. The van der Waals surface area contributed by atoms with Crippen LogP contribution in [0.4, 0.5) is 14.9 Å². The van der Waals surface area contributed by atoms with Crippen LogP contribution in [0.15, 0.2) is 66.9 Å². The number of rotatable bonds is 7. The molecule has 3 amide bonds. The van der Waals surface area contributed by atoms with Crippen molar-refractivity contribution in [2.24, 2.45) is 0 Å². The number of urea groups is 1. The Kier molecular flexibility index (Phi) is 7.58. The summed E-state index contributed by atoms with van der Waals surface area (Å²) in [5.74, 6) is -0.484. The maximum Gasteiger partial charge on any atom is 0.318 e. The Bertz CT molecular complexity index is 1230. The minimum atomic E-state index is -0.438. The van der Waals surface area contributed by atoms with Gasteiger partial charge in [-0.05, 0) is 61.2 Å². The van der Waals surface area contributed by atoms with E-state index in [4.69, 9.17) is 0 Å². The standard InChI is InChI=1S/C30H35FN4O2/c1-2-3-19-33(30(37)32-24-10-5-4-6-11-24)21-28(36)35-26-13-8-7-12-25(26)34-20-9-14-27(34)29(35)22-15-17-23(31)18-16-22/h7-9,12-18,20,24,29H,2-6,10-11,19,21H2,1H3,(H,32,37). The predicted octanol–water partition coefficient (Wildman–Crippen LogP) is 6.20. The minimum absolute atomic E-state index is 0.0225. The van der Waals surface area contributed by atoms with Crippen LogP contribution in [0.1, 0.15) is 69.2 Å². The number of nitrogens with zero attached hydrogens (tertiary/aromatic N) is 3. The summed E-state index contributed by atoms with van der Waals surface area (Å²) < 4.78 is 15.9. The molecule has 1 N–H and O–H groups in total. The van der Waals surface area contributed by atoms with Gasteiger partial charge in [0, 0.05) is 18.8 Å². The monoisotopic (exact) mass is 502 g/mol. The quantitative estimate of drug-likeness (QED) is 0.418. The number of anilines is 1. The number of nitrogens with one attached hydrogen (secondary N) is 1. The second-order valence-electron chi connectivity index (χ2n) is 10.1. The molecule has 0 spiro atoms. The van der Waals surface area contributed by atoms with E-state index in [0.717, 1.165) is 61.2 Å². The fraction of sp³-hybridized carbons (Fsp3) is 0.400. The molecule has 0 bridgehead atoms. The van der Waals surface area contributed by atoms with Gasteiger partial charge in [0.15, 0.2) is 0 Å². The number of fused-ring (bicyclic) bond motifs is 3. The van der Waals surface area contributed by atoms with Crippen molar-refractivity contribution in [2.75, 3.05) is 18.0 Å². The zero-order valence-electron chi connectivity index (χ0n) is 21.4. The highest BCUT2D eigenvalue weighted by Gasteiger charge is 2.37. The molecule has 0 radical (unpaired) electrons. The summed E-state index contributed by atoms with van der Waals surface area (Å²) in [6, 6.07) is 17.6. The molecule has 0 saturated heterocycles. The van der Waals surface area contributed by atoms with Crippen LogP contribution in [-0.2, 0) is 4.79 Å². The van der Waals surface area contributed by atoms with Crippen LogP contribution >= 0.6 is 0 Å². The van der Waals surface area contributed by atoms with E-state index in [2.05, 4.69) is 16.8 Å². The van der Waals surface area contributed by atoms with Crippen molar-refractivity contribution in [2.45, 2.75) is 64.0 Å². The Labute approximate surface area is 218 Å². The molecule has 37 heavy (non-hydrogen) atoms. The summed E-state index contributed by atoms with van der Waals surface area (Å²) in [5, 5.41) is 3.19. The number of aromatic nitrogens is 1. The highest BCUT2D eigenvalue weighted by atomic mass is 19.1. The van der Waals surface area contributed by atoms with E-state index >= 15 is 0 Å². The van der Waals surface area contributed by atoms with Crippen molar-refractivity contribution in [3.8, 4) is 5.69 Å². The Morgan fingerprint density at radius 3 is 2.43 bits per heavy atom. The number of hydrogen-bond acceptors (Lipinski definition) is 2. The van der Waals surface area contributed by atoms with Gasteiger partial charge < -0.3 is 14.8 Å². The van der Waals surface area contributed by atoms with E-state index in [1.807, 2.05) is 42.6 Å². The van der Waals surface area contributed by atoms with Gasteiger partial charge >= 0.3 is 6.03 Å². The zero-order valence-corrected chi connectivity index (χ0v) is 21.4. The van der Waals surface area contributed by atoms with E-state index in [9.17, 15) is 14.0 Å². The van der Waals surface area contributed by atoms with Gasteiger partial charge in [-0.15, -0.1) is 0 Å². The van der Waals surface area contributed by atoms with Gasteiger partial charge in [-0.25, -0.2) is 9.18 Å². The van der Waals surface area contributed by atoms with Crippen molar-refractivity contribution in [1.82, 2.24) is 14.8 Å². The van der Waals surface area contributed by atoms with E-state index in [0.29, 0.717) is 6.54 Å².